The molecule has 1 aromatic carbocycles. The highest BCUT2D eigenvalue weighted by atomic mass is 16.4. The predicted octanol–water partition coefficient (Wildman–Crippen LogP) is 3.71. The average molecular weight is 303 g/mol. The number of hydrogen-bond acceptors (Lipinski definition) is 2. The van der Waals surface area contributed by atoms with E-state index in [1.807, 2.05) is 35.2 Å². The lowest BCUT2D eigenvalue weighted by molar-refractivity contribution is -0.143. The zero-order valence-corrected chi connectivity index (χ0v) is 13.2. The number of amides is 1. The first-order valence-electron chi connectivity index (χ1n) is 8.22. The third-order valence-corrected chi connectivity index (χ3v) is 4.44. The molecule has 0 aliphatic heterocycles. The highest BCUT2D eigenvalue weighted by Gasteiger charge is 2.33. The van der Waals surface area contributed by atoms with Crippen LogP contribution >= 0.6 is 0 Å². The molecule has 120 valence electrons. The maximum absolute atomic E-state index is 12.9. The summed E-state index contributed by atoms with van der Waals surface area (Å²) in [7, 11) is 0. The molecule has 1 amide bonds. The molecule has 0 saturated heterocycles. The molecule has 22 heavy (non-hydrogen) atoms. The number of anilines is 1. The second kappa shape index (κ2) is 7.97. The zero-order chi connectivity index (χ0) is 15.9. The maximum Gasteiger partial charge on any atom is 0.306 e. The molecule has 2 atom stereocenters. The van der Waals surface area contributed by atoms with Gasteiger partial charge >= 0.3 is 5.97 Å². The molecule has 0 spiro atoms. The molecule has 4 heteroatoms. The van der Waals surface area contributed by atoms with Crippen LogP contribution in [0.1, 0.15) is 45.4 Å². The van der Waals surface area contributed by atoms with Crippen LogP contribution in [0.2, 0.25) is 0 Å². The molecular formula is C18H25NO3. The molecule has 4 nitrogen and oxygen atoms in total. The van der Waals surface area contributed by atoms with Gasteiger partial charge in [-0.15, -0.1) is 0 Å². The third kappa shape index (κ3) is 4.09. The van der Waals surface area contributed by atoms with Crippen molar-refractivity contribution in [3.63, 3.8) is 0 Å². The lowest BCUT2D eigenvalue weighted by Crippen LogP contribution is -2.39. The number of carboxylic acid groups (broad SMARTS) is 1. The molecule has 0 heterocycles. The number of rotatable bonds is 6. The molecule has 1 N–H and O–H groups in total. The second-order valence-corrected chi connectivity index (χ2v) is 6.08. The van der Waals surface area contributed by atoms with Gasteiger partial charge in [-0.1, -0.05) is 38.0 Å². The third-order valence-electron chi connectivity index (χ3n) is 4.44. The number of nitrogens with zero attached hydrogens (tertiary/aromatic N) is 1. The summed E-state index contributed by atoms with van der Waals surface area (Å²) in [6.07, 6.45) is 4.78. The van der Waals surface area contributed by atoms with Crippen molar-refractivity contribution in [2.24, 2.45) is 11.8 Å². The predicted molar refractivity (Wildman–Crippen MR) is 86.8 cm³/mol. The highest BCUT2D eigenvalue weighted by molar-refractivity contribution is 5.95. The number of aliphatic carboxylic acids is 1. The van der Waals surface area contributed by atoms with Gasteiger partial charge in [-0.25, -0.2) is 0 Å². The molecule has 2 rings (SSSR count). The smallest absolute Gasteiger partial charge is 0.306 e. The van der Waals surface area contributed by atoms with Crippen molar-refractivity contribution in [3.8, 4) is 0 Å². The van der Waals surface area contributed by atoms with Gasteiger partial charge in [0.1, 0.15) is 0 Å². The molecule has 0 aromatic heterocycles. The van der Waals surface area contributed by atoms with Crippen LogP contribution in [0.5, 0.6) is 0 Å². The maximum atomic E-state index is 12.9. The molecule has 1 aliphatic carbocycles. The number of unbranched alkanes of at least 4 members (excludes halogenated alkanes) is 1. The van der Waals surface area contributed by atoms with Crippen molar-refractivity contribution in [2.75, 3.05) is 11.4 Å². The van der Waals surface area contributed by atoms with Gasteiger partial charge in [0.05, 0.1) is 5.92 Å². The van der Waals surface area contributed by atoms with Crippen molar-refractivity contribution in [2.45, 2.75) is 45.4 Å². The van der Waals surface area contributed by atoms with Gasteiger partial charge in [-0.2, -0.15) is 0 Å². The van der Waals surface area contributed by atoms with Crippen LogP contribution in [0.25, 0.3) is 0 Å². The largest absolute Gasteiger partial charge is 0.481 e. The van der Waals surface area contributed by atoms with Crippen LogP contribution in [0.3, 0.4) is 0 Å². The fraction of sp³-hybridized carbons (Fsp3) is 0.556. The van der Waals surface area contributed by atoms with E-state index in [4.69, 9.17) is 0 Å². The Hall–Kier alpha value is -1.84. The van der Waals surface area contributed by atoms with Gasteiger partial charge in [-0.05, 0) is 37.8 Å². The van der Waals surface area contributed by atoms with Gasteiger partial charge in [0, 0.05) is 18.2 Å². The Balaban J connectivity index is 2.12. The van der Waals surface area contributed by atoms with Crippen LogP contribution in [0, 0.1) is 11.8 Å². The summed E-state index contributed by atoms with van der Waals surface area (Å²) in [6, 6.07) is 9.70. The fourth-order valence-corrected chi connectivity index (χ4v) is 3.15. The topological polar surface area (TPSA) is 57.6 Å². The van der Waals surface area contributed by atoms with Gasteiger partial charge in [-0.3, -0.25) is 9.59 Å². The highest BCUT2D eigenvalue weighted by Crippen LogP contribution is 2.31. The Labute approximate surface area is 132 Å². The van der Waals surface area contributed by atoms with E-state index in [-0.39, 0.29) is 17.7 Å². The molecule has 0 radical (unpaired) electrons. The summed E-state index contributed by atoms with van der Waals surface area (Å²) in [4.78, 5) is 26.0. The van der Waals surface area contributed by atoms with Crippen LogP contribution in [0.15, 0.2) is 30.3 Å². The van der Waals surface area contributed by atoms with E-state index in [1.165, 1.54) is 0 Å². The first kappa shape index (κ1) is 16.5. The van der Waals surface area contributed by atoms with Crippen LogP contribution in [-0.4, -0.2) is 23.5 Å². The minimum Gasteiger partial charge on any atom is -0.481 e. The average Bonchev–Trinajstić information content (AvgIpc) is 2.56. The number of carbonyl (C=O) groups is 2. The summed E-state index contributed by atoms with van der Waals surface area (Å²) in [5, 5.41) is 9.21. The molecule has 2 unspecified atom stereocenters. The summed E-state index contributed by atoms with van der Waals surface area (Å²) >= 11 is 0. The molecule has 1 saturated carbocycles. The Morgan fingerprint density at radius 2 is 1.86 bits per heavy atom. The van der Waals surface area contributed by atoms with E-state index >= 15 is 0 Å². The van der Waals surface area contributed by atoms with Crippen LogP contribution in [0.4, 0.5) is 5.69 Å². The van der Waals surface area contributed by atoms with Crippen LogP contribution in [-0.2, 0) is 9.59 Å². The minimum absolute atomic E-state index is 0.0885. The van der Waals surface area contributed by atoms with E-state index < -0.39 is 5.97 Å². The quantitative estimate of drug-likeness (QED) is 0.871. The Bertz CT molecular complexity index is 500. The van der Waals surface area contributed by atoms with Gasteiger partial charge < -0.3 is 10.0 Å². The van der Waals surface area contributed by atoms with Gasteiger partial charge in [0.25, 0.3) is 0 Å². The normalized spacial score (nSPS) is 21.3. The molecule has 0 bridgehead atoms. The second-order valence-electron chi connectivity index (χ2n) is 6.08. The van der Waals surface area contributed by atoms with E-state index in [0.29, 0.717) is 19.4 Å². The van der Waals surface area contributed by atoms with Crippen molar-refractivity contribution in [3.05, 3.63) is 30.3 Å². The lowest BCUT2D eigenvalue weighted by atomic mass is 9.80. The summed E-state index contributed by atoms with van der Waals surface area (Å²) in [5.41, 5.74) is 0.915. The number of carboxylic acids is 1. The SMILES string of the molecule is CCCCN(C(=O)C1CCCC(C(=O)O)C1)c1ccccc1. The number of carbonyl (C=O) groups excluding carboxylic acids is 1. The van der Waals surface area contributed by atoms with E-state index in [0.717, 1.165) is 31.4 Å². The zero-order valence-electron chi connectivity index (χ0n) is 13.2. The van der Waals surface area contributed by atoms with Crippen molar-refractivity contribution < 1.29 is 14.7 Å². The first-order valence-corrected chi connectivity index (χ1v) is 8.22. The standard InChI is InChI=1S/C18H25NO3/c1-2-3-12-19(16-10-5-4-6-11-16)17(20)14-8-7-9-15(13-14)18(21)22/h4-6,10-11,14-15H,2-3,7-9,12-13H2,1H3,(H,21,22). The van der Waals surface area contributed by atoms with Crippen molar-refractivity contribution in [1.29, 1.82) is 0 Å². The first-order chi connectivity index (χ1) is 10.6. The van der Waals surface area contributed by atoms with Crippen LogP contribution < -0.4 is 4.90 Å². The van der Waals surface area contributed by atoms with E-state index in [9.17, 15) is 14.7 Å². The number of para-hydroxylation sites is 1. The molecular weight excluding hydrogens is 278 g/mol. The lowest BCUT2D eigenvalue weighted by Gasteiger charge is -2.31. The summed E-state index contributed by atoms with van der Waals surface area (Å²) < 4.78 is 0. The minimum atomic E-state index is -0.766. The summed E-state index contributed by atoms with van der Waals surface area (Å²) in [5.74, 6) is -1.21. The number of hydrogen-bond donors (Lipinski definition) is 1. The summed E-state index contributed by atoms with van der Waals surface area (Å²) in [6.45, 7) is 2.81. The Morgan fingerprint density at radius 3 is 2.50 bits per heavy atom. The van der Waals surface area contributed by atoms with E-state index in [2.05, 4.69) is 6.92 Å². The number of benzene rings is 1. The van der Waals surface area contributed by atoms with Crippen molar-refractivity contribution in [1.82, 2.24) is 0 Å². The monoisotopic (exact) mass is 303 g/mol. The molecule has 1 aliphatic rings. The van der Waals surface area contributed by atoms with Gasteiger partial charge in [0.2, 0.25) is 5.91 Å². The fourth-order valence-electron chi connectivity index (χ4n) is 3.15. The van der Waals surface area contributed by atoms with E-state index in [1.54, 1.807) is 0 Å². The Kier molecular flexibility index (Phi) is 5.99. The molecule has 1 aromatic rings. The molecule has 1 fully saturated rings. The van der Waals surface area contributed by atoms with Crippen molar-refractivity contribution >= 4 is 17.6 Å². The Morgan fingerprint density at radius 1 is 1.18 bits per heavy atom. The van der Waals surface area contributed by atoms with Gasteiger partial charge in [0.15, 0.2) is 0 Å².